The molecule has 27 heavy (non-hydrogen) atoms. The number of carbonyl (C=O) groups is 1. The molecule has 2 heterocycles. The van der Waals surface area contributed by atoms with Crippen molar-refractivity contribution in [3.63, 3.8) is 0 Å². The van der Waals surface area contributed by atoms with E-state index in [0.717, 1.165) is 22.3 Å². The van der Waals surface area contributed by atoms with Crippen molar-refractivity contribution in [1.29, 1.82) is 0 Å². The molecule has 1 N–H and O–H groups in total. The molecule has 3 aromatic rings. The first-order chi connectivity index (χ1) is 13.1. The quantitative estimate of drug-likeness (QED) is 0.703. The maximum atomic E-state index is 12.0. The van der Waals surface area contributed by atoms with Crippen LogP contribution in [0.4, 0.5) is 4.79 Å². The van der Waals surface area contributed by atoms with E-state index in [9.17, 15) is 4.79 Å². The highest BCUT2D eigenvalue weighted by Gasteiger charge is 2.47. The molecule has 1 amide bonds. The number of carbonyl (C=O) groups excluding carboxylic acids is 1. The van der Waals surface area contributed by atoms with Crippen molar-refractivity contribution in [2.24, 2.45) is 0 Å². The van der Waals surface area contributed by atoms with E-state index in [-0.39, 0.29) is 6.04 Å². The minimum Gasteiger partial charge on any atom is -0.436 e. The first-order valence-corrected chi connectivity index (χ1v) is 8.72. The van der Waals surface area contributed by atoms with E-state index in [4.69, 9.17) is 4.74 Å². The van der Waals surface area contributed by atoms with Gasteiger partial charge in [0.25, 0.3) is 0 Å². The molecule has 1 fully saturated rings. The zero-order chi connectivity index (χ0) is 18.7. The fourth-order valence-corrected chi connectivity index (χ4v) is 3.28. The van der Waals surface area contributed by atoms with Crippen molar-refractivity contribution in [3.05, 3.63) is 101 Å². The Bertz CT molecular complexity index is 1020. The molecule has 1 saturated heterocycles. The SMILES string of the molecule is C[C@@]1(c2ccccc2)OC(=O)N[C@@H]1c1cncc(C#Cc2ccccc2)c1. The molecule has 4 nitrogen and oxygen atoms in total. The fraction of sp³-hybridized carbons (Fsp3) is 0.130. The van der Waals surface area contributed by atoms with Crippen molar-refractivity contribution in [1.82, 2.24) is 10.3 Å². The first kappa shape index (κ1) is 16.9. The molecule has 2 atom stereocenters. The zero-order valence-electron chi connectivity index (χ0n) is 14.8. The minimum atomic E-state index is -0.814. The monoisotopic (exact) mass is 354 g/mol. The molecule has 0 saturated carbocycles. The van der Waals surface area contributed by atoms with E-state index in [1.807, 2.05) is 73.7 Å². The Morgan fingerprint density at radius 1 is 0.963 bits per heavy atom. The lowest BCUT2D eigenvalue weighted by Crippen LogP contribution is -2.31. The standard InChI is InChI=1S/C23H18N2O2/c1-23(20-10-6-3-7-11-20)21(25-22(26)27-23)19-14-18(15-24-16-19)13-12-17-8-4-2-5-9-17/h2-11,14-16,21H,1H3,(H,25,26)/t21-,23+/m1/s1. The Morgan fingerprint density at radius 3 is 2.37 bits per heavy atom. The van der Waals surface area contributed by atoms with E-state index >= 15 is 0 Å². The van der Waals surface area contributed by atoms with Crippen LogP contribution in [0.25, 0.3) is 0 Å². The summed E-state index contributed by atoms with van der Waals surface area (Å²) in [5, 5.41) is 2.91. The van der Waals surface area contributed by atoms with E-state index < -0.39 is 11.7 Å². The van der Waals surface area contributed by atoms with Crippen molar-refractivity contribution in [2.45, 2.75) is 18.6 Å². The van der Waals surface area contributed by atoms with E-state index in [1.165, 1.54) is 0 Å². The summed E-state index contributed by atoms with van der Waals surface area (Å²) < 4.78 is 5.66. The summed E-state index contributed by atoms with van der Waals surface area (Å²) in [4.78, 5) is 16.3. The van der Waals surface area contributed by atoms with Gasteiger partial charge in [-0.25, -0.2) is 4.79 Å². The van der Waals surface area contributed by atoms with Crippen LogP contribution < -0.4 is 5.32 Å². The average molecular weight is 354 g/mol. The van der Waals surface area contributed by atoms with Crippen LogP contribution in [0.15, 0.2) is 79.1 Å². The Morgan fingerprint density at radius 2 is 1.63 bits per heavy atom. The summed E-state index contributed by atoms with van der Waals surface area (Å²) in [7, 11) is 0. The van der Waals surface area contributed by atoms with Gasteiger partial charge in [-0.2, -0.15) is 0 Å². The third kappa shape index (κ3) is 3.40. The van der Waals surface area contributed by atoms with E-state index in [2.05, 4.69) is 22.1 Å². The van der Waals surface area contributed by atoms with Gasteiger partial charge in [0.05, 0.1) is 0 Å². The maximum absolute atomic E-state index is 12.0. The predicted molar refractivity (Wildman–Crippen MR) is 103 cm³/mol. The highest BCUT2D eigenvalue weighted by Crippen LogP contribution is 2.42. The molecule has 1 aliphatic heterocycles. The fourth-order valence-electron chi connectivity index (χ4n) is 3.28. The van der Waals surface area contributed by atoms with Crippen LogP contribution in [0.5, 0.6) is 0 Å². The van der Waals surface area contributed by atoms with Gasteiger partial charge in [-0.15, -0.1) is 0 Å². The summed E-state index contributed by atoms with van der Waals surface area (Å²) in [5.74, 6) is 6.27. The second-order valence-corrected chi connectivity index (χ2v) is 6.56. The van der Waals surface area contributed by atoms with Crippen molar-refractivity contribution < 1.29 is 9.53 Å². The number of hydrogen-bond acceptors (Lipinski definition) is 3. The Kier molecular flexibility index (Phi) is 4.35. The number of nitrogens with one attached hydrogen (secondary N) is 1. The number of hydrogen-bond donors (Lipinski definition) is 1. The molecule has 1 aliphatic rings. The Labute approximate surface area is 158 Å². The van der Waals surface area contributed by atoms with Gasteiger partial charge in [0, 0.05) is 23.5 Å². The van der Waals surface area contributed by atoms with Gasteiger partial charge in [-0.1, -0.05) is 60.4 Å². The van der Waals surface area contributed by atoms with Crippen molar-refractivity contribution >= 4 is 6.09 Å². The van der Waals surface area contributed by atoms with Crippen LogP contribution in [0.3, 0.4) is 0 Å². The van der Waals surface area contributed by atoms with Gasteiger partial charge in [-0.05, 0) is 36.2 Å². The number of cyclic esters (lactones) is 1. The number of ether oxygens (including phenoxy) is 1. The van der Waals surface area contributed by atoms with Crippen molar-refractivity contribution in [2.75, 3.05) is 0 Å². The third-order valence-corrected chi connectivity index (χ3v) is 4.68. The molecule has 4 rings (SSSR count). The number of rotatable bonds is 2. The topological polar surface area (TPSA) is 51.2 Å². The number of aromatic nitrogens is 1. The molecular formula is C23H18N2O2. The number of amides is 1. The lowest BCUT2D eigenvalue weighted by molar-refractivity contribution is 0.0494. The second kappa shape index (κ2) is 6.97. The summed E-state index contributed by atoms with van der Waals surface area (Å²) in [6.07, 6.45) is 3.03. The summed E-state index contributed by atoms with van der Waals surface area (Å²) in [5.41, 5.74) is 2.69. The van der Waals surface area contributed by atoms with Crippen molar-refractivity contribution in [3.8, 4) is 11.8 Å². The molecule has 0 unspecified atom stereocenters. The Balaban J connectivity index is 1.69. The number of nitrogens with zero attached hydrogens (tertiary/aromatic N) is 1. The van der Waals surface area contributed by atoms with E-state index in [0.29, 0.717) is 0 Å². The highest BCUT2D eigenvalue weighted by atomic mass is 16.6. The van der Waals surface area contributed by atoms with Crippen LogP contribution in [0, 0.1) is 11.8 Å². The smallest absolute Gasteiger partial charge is 0.408 e. The molecule has 0 spiro atoms. The van der Waals surface area contributed by atoms with Crippen LogP contribution >= 0.6 is 0 Å². The van der Waals surface area contributed by atoms with Crippen LogP contribution in [0.2, 0.25) is 0 Å². The van der Waals surface area contributed by atoms with E-state index in [1.54, 1.807) is 12.4 Å². The maximum Gasteiger partial charge on any atom is 0.408 e. The predicted octanol–water partition coefficient (Wildman–Crippen LogP) is 4.18. The normalized spacial score (nSPS) is 20.9. The highest BCUT2D eigenvalue weighted by molar-refractivity contribution is 5.72. The molecular weight excluding hydrogens is 336 g/mol. The zero-order valence-corrected chi connectivity index (χ0v) is 14.8. The van der Waals surface area contributed by atoms with Gasteiger partial charge in [-0.3, -0.25) is 4.98 Å². The number of pyridine rings is 1. The summed E-state index contributed by atoms with van der Waals surface area (Å²) in [6, 6.07) is 21.1. The Hall–Kier alpha value is -3.58. The van der Waals surface area contributed by atoms with Gasteiger partial charge in [0.15, 0.2) is 5.60 Å². The lowest BCUT2D eigenvalue weighted by Gasteiger charge is -2.29. The molecule has 0 radical (unpaired) electrons. The molecule has 132 valence electrons. The minimum absolute atomic E-state index is 0.349. The number of alkyl carbamates (subject to hydrolysis) is 1. The first-order valence-electron chi connectivity index (χ1n) is 8.72. The molecule has 4 heteroatoms. The third-order valence-electron chi connectivity index (χ3n) is 4.68. The molecule has 1 aromatic heterocycles. The van der Waals surface area contributed by atoms with Gasteiger partial charge >= 0.3 is 6.09 Å². The van der Waals surface area contributed by atoms with Gasteiger partial charge in [0.1, 0.15) is 6.04 Å². The number of benzene rings is 2. The van der Waals surface area contributed by atoms with Gasteiger partial charge < -0.3 is 10.1 Å². The van der Waals surface area contributed by atoms with Crippen LogP contribution in [-0.2, 0) is 10.3 Å². The van der Waals surface area contributed by atoms with Gasteiger partial charge in [0.2, 0.25) is 0 Å². The summed E-state index contributed by atoms with van der Waals surface area (Å²) in [6.45, 7) is 1.91. The molecule has 0 aliphatic carbocycles. The largest absolute Gasteiger partial charge is 0.436 e. The summed E-state index contributed by atoms with van der Waals surface area (Å²) >= 11 is 0. The average Bonchev–Trinajstić information content (AvgIpc) is 3.04. The van der Waals surface area contributed by atoms with Crippen LogP contribution in [0.1, 0.15) is 35.2 Å². The van der Waals surface area contributed by atoms with Crippen LogP contribution in [-0.4, -0.2) is 11.1 Å². The second-order valence-electron chi connectivity index (χ2n) is 6.56. The molecule has 2 aromatic carbocycles. The molecule has 0 bridgehead atoms. The lowest BCUT2D eigenvalue weighted by atomic mass is 9.85.